The zero-order valence-electron chi connectivity index (χ0n) is 15.2. The number of hydrogen-bond donors (Lipinski definition) is 3. The van der Waals surface area contributed by atoms with Gasteiger partial charge >= 0.3 is 0 Å². The predicted molar refractivity (Wildman–Crippen MR) is 96.0 cm³/mol. The summed E-state index contributed by atoms with van der Waals surface area (Å²) < 4.78 is 5.53. The second-order valence-corrected chi connectivity index (χ2v) is 6.33. The van der Waals surface area contributed by atoms with Gasteiger partial charge in [0.05, 0.1) is 13.2 Å². The normalized spacial score (nSPS) is 21.9. The molecule has 0 aromatic carbocycles. The van der Waals surface area contributed by atoms with Crippen molar-refractivity contribution in [2.45, 2.75) is 40.0 Å². The van der Waals surface area contributed by atoms with Crippen molar-refractivity contribution in [3.63, 3.8) is 0 Å². The van der Waals surface area contributed by atoms with Crippen LogP contribution in [0.4, 0.5) is 0 Å². The van der Waals surface area contributed by atoms with Gasteiger partial charge in [-0.15, -0.1) is 0 Å². The van der Waals surface area contributed by atoms with Gasteiger partial charge in [-0.3, -0.25) is 4.99 Å². The average Bonchev–Trinajstić information content (AvgIpc) is 3.01. The van der Waals surface area contributed by atoms with Crippen molar-refractivity contribution in [3.05, 3.63) is 0 Å². The molecule has 1 heterocycles. The molecule has 0 amide bonds. The van der Waals surface area contributed by atoms with E-state index in [9.17, 15) is 5.11 Å². The summed E-state index contributed by atoms with van der Waals surface area (Å²) in [7, 11) is 0. The minimum Gasteiger partial charge on any atom is -0.396 e. The number of hydrogen-bond acceptors (Lipinski definition) is 4. The molecule has 1 saturated heterocycles. The fraction of sp³-hybridized carbons (Fsp3) is 0.941. The Balaban J connectivity index is 2.48. The van der Waals surface area contributed by atoms with Gasteiger partial charge in [0.1, 0.15) is 0 Å². The molecule has 0 aromatic rings. The Morgan fingerprint density at radius 3 is 2.65 bits per heavy atom. The lowest BCUT2D eigenvalue weighted by Gasteiger charge is -2.25. The first kappa shape index (κ1) is 20.2. The van der Waals surface area contributed by atoms with Crippen LogP contribution in [0.3, 0.4) is 0 Å². The molecular weight excluding hydrogens is 292 g/mol. The fourth-order valence-corrected chi connectivity index (χ4v) is 2.95. The number of aliphatic hydroxyl groups excluding tert-OH is 1. The van der Waals surface area contributed by atoms with Gasteiger partial charge in [-0.1, -0.05) is 13.8 Å². The Labute approximate surface area is 141 Å². The molecule has 0 radical (unpaired) electrons. The van der Waals surface area contributed by atoms with E-state index >= 15 is 0 Å². The maximum Gasteiger partial charge on any atom is 0.191 e. The van der Waals surface area contributed by atoms with Crippen molar-refractivity contribution in [1.82, 2.24) is 15.5 Å². The van der Waals surface area contributed by atoms with Crippen LogP contribution in [0.1, 0.15) is 40.0 Å². The molecule has 0 aromatic heterocycles. The summed E-state index contributed by atoms with van der Waals surface area (Å²) in [4.78, 5) is 7.18. The summed E-state index contributed by atoms with van der Waals surface area (Å²) in [5, 5.41) is 16.0. The SMILES string of the molecule is CCCN(CC)CCNC(=NCC1(CCO)CCOC1)NCC. The van der Waals surface area contributed by atoms with E-state index < -0.39 is 0 Å². The molecule has 1 rings (SSSR count). The molecule has 1 fully saturated rings. The first-order chi connectivity index (χ1) is 11.2. The second kappa shape index (κ2) is 11.6. The van der Waals surface area contributed by atoms with Gasteiger partial charge in [0.25, 0.3) is 0 Å². The van der Waals surface area contributed by atoms with Gasteiger partial charge in [0, 0.05) is 38.3 Å². The summed E-state index contributed by atoms with van der Waals surface area (Å²) in [5.74, 6) is 0.865. The number of likely N-dealkylation sites (N-methyl/N-ethyl adjacent to an activating group) is 1. The third-order valence-corrected chi connectivity index (χ3v) is 4.45. The quantitative estimate of drug-likeness (QED) is 0.391. The van der Waals surface area contributed by atoms with Gasteiger partial charge in [-0.25, -0.2) is 0 Å². The topological polar surface area (TPSA) is 69.1 Å². The molecule has 136 valence electrons. The number of aliphatic hydroxyl groups is 1. The van der Waals surface area contributed by atoms with Crippen molar-refractivity contribution < 1.29 is 9.84 Å². The molecule has 1 unspecified atom stereocenters. The van der Waals surface area contributed by atoms with Gasteiger partial charge in [-0.2, -0.15) is 0 Å². The Kier molecular flexibility index (Phi) is 10.2. The van der Waals surface area contributed by atoms with Crippen LogP contribution in [0.25, 0.3) is 0 Å². The highest BCUT2D eigenvalue weighted by atomic mass is 16.5. The minimum atomic E-state index is 0.00870. The van der Waals surface area contributed by atoms with E-state index in [0.29, 0.717) is 13.2 Å². The molecule has 0 spiro atoms. The molecule has 6 heteroatoms. The van der Waals surface area contributed by atoms with E-state index in [0.717, 1.165) is 58.1 Å². The number of aliphatic imine (C=N–C) groups is 1. The average molecular weight is 329 g/mol. The Bertz CT molecular complexity index is 331. The number of nitrogens with zero attached hydrogens (tertiary/aromatic N) is 2. The number of nitrogens with one attached hydrogen (secondary N) is 2. The van der Waals surface area contributed by atoms with Crippen molar-refractivity contribution in [2.24, 2.45) is 10.4 Å². The third kappa shape index (κ3) is 7.50. The van der Waals surface area contributed by atoms with Crippen LogP contribution < -0.4 is 10.6 Å². The molecule has 23 heavy (non-hydrogen) atoms. The molecule has 1 aliphatic rings. The summed E-state index contributed by atoms with van der Waals surface area (Å²) in [6.07, 6.45) is 2.93. The van der Waals surface area contributed by atoms with E-state index in [-0.39, 0.29) is 12.0 Å². The van der Waals surface area contributed by atoms with Crippen LogP contribution in [-0.4, -0.2) is 75.1 Å². The zero-order chi connectivity index (χ0) is 17.0. The molecule has 6 nitrogen and oxygen atoms in total. The smallest absolute Gasteiger partial charge is 0.191 e. The minimum absolute atomic E-state index is 0.00870. The maximum atomic E-state index is 9.30. The predicted octanol–water partition coefficient (Wildman–Crippen LogP) is 1.06. The van der Waals surface area contributed by atoms with Gasteiger partial charge < -0.3 is 25.4 Å². The lowest BCUT2D eigenvalue weighted by molar-refractivity contribution is 0.131. The molecule has 1 atom stereocenters. The van der Waals surface area contributed by atoms with E-state index in [1.165, 1.54) is 6.42 Å². The summed E-state index contributed by atoms with van der Waals surface area (Å²) in [6.45, 7) is 13.9. The lowest BCUT2D eigenvalue weighted by atomic mass is 9.84. The van der Waals surface area contributed by atoms with E-state index in [4.69, 9.17) is 9.73 Å². The van der Waals surface area contributed by atoms with Crippen molar-refractivity contribution in [2.75, 3.05) is 59.1 Å². The van der Waals surface area contributed by atoms with E-state index in [1.54, 1.807) is 0 Å². The monoisotopic (exact) mass is 328 g/mol. The molecule has 0 saturated carbocycles. The van der Waals surface area contributed by atoms with Crippen LogP contribution in [0.15, 0.2) is 4.99 Å². The van der Waals surface area contributed by atoms with E-state index in [2.05, 4.69) is 36.3 Å². The molecular formula is C17H36N4O2. The van der Waals surface area contributed by atoms with Crippen LogP contribution in [0, 0.1) is 5.41 Å². The number of rotatable bonds is 11. The van der Waals surface area contributed by atoms with E-state index in [1.807, 2.05) is 0 Å². The first-order valence-corrected chi connectivity index (χ1v) is 9.12. The largest absolute Gasteiger partial charge is 0.396 e. The summed E-state index contributed by atoms with van der Waals surface area (Å²) >= 11 is 0. The van der Waals surface area contributed by atoms with Gasteiger partial charge in [0.15, 0.2) is 5.96 Å². The van der Waals surface area contributed by atoms with Crippen molar-refractivity contribution in [1.29, 1.82) is 0 Å². The molecule has 3 N–H and O–H groups in total. The van der Waals surface area contributed by atoms with Crippen LogP contribution in [0.5, 0.6) is 0 Å². The van der Waals surface area contributed by atoms with Crippen LogP contribution >= 0.6 is 0 Å². The maximum absolute atomic E-state index is 9.30. The summed E-state index contributed by atoms with van der Waals surface area (Å²) in [6, 6.07) is 0. The first-order valence-electron chi connectivity index (χ1n) is 9.12. The highest BCUT2D eigenvalue weighted by Gasteiger charge is 2.34. The van der Waals surface area contributed by atoms with Crippen molar-refractivity contribution in [3.8, 4) is 0 Å². The van der Waals surface area contributed by atoms with Crippen LogP contribution in [-0.2, 0) is 4.74 Å². The van der Waals surface area contributed by atoms with Gasteiger partial charge in [0.2, 0.25) is 0 Å². The van der Waals surface area contributed by atoms with Crippen molar-refractivity contribution >= 4 is 5.96 Å². The lowest BCUT2D eigenvalue weighted by Crippen LogP contribution is -2.42. The summed E-state index contributed by atoms with van der Waals surface area (Å²) in [5.41, 5.74) is 0.00870. The highest BCUT2D eigenvalue weighted by molar-refractivity contribution is 5.79. The molecule has 0 bridgehead atoms. The molecule has 1 aliphatic heterocycles. The second-order valence-electron chi connectivity index (χ2n) is 6.33. The third-order valence-electron chi connectivity index (χ3n) is 4.45. The Hall–Kier alpha value is -0.850. The fourth-order valence-electron chi connectivity index (χ4n) is 2.95. The number of ether oxygens (including phenoxy) is 1. The zero-order valence-corrected chi connectivity index (χ0v) is 15.2. The highest BCUT2D eigenvalue weighted by Crippen LogP contribution is 2.32. The van der Waals surface area contributed by atoms with Crippen LogP contribution in [0.2, 0.25) is 0 Å². The molecule has 0 aliphatic carbocycles. The Morgan fingerprint density at radius 1 is 1.26 bits per heavy atom. The van der Waals surface area contributed by atoms with Gasteiger partial charge in [-0.05, 0) is 39.3 Å². The number of guanidine groups is 1. The Morgan fingerprint density at radius 2 is 2.09 bits per heavy atom. The standard InChI is InChI=1S/C17H36N4O2/c1-4-10-21(6-3)11-9-19-16(18-5-2)20-14-17(7-12-22)8-13-23-15-17/h22H,4-15H2,1-3H3,(H2,18,19,20).